The molecule has 2 saturated heterocycles. The van der Waals surface area contributed by atoms with Crippen molar-refractivity contribution in [3.8, 4) is 0 Å². The fourth-order valence-corrected chi connectivity index (χ4v) is 1.48. The van der Waals surface area contributed by atoms with E-state index in [0.717, 1.165) is 19.8 Å². The van der Waals surface area contributed by atoms with Crippen molar-refractivity contribution in [1.29, 1.82) is 0 Å². The number of fused-ring (bicyclic) bond motifs is 1. The van der Waals surface area contributed by atoms with Crippen LogP contribution >= 0.6 is 0 Å². The van der Waals surface area contributed by atoms with Crippen molar-refractivity contribution in [2.75, 3.05) is 19.8 Å². The molecule has 3 heteroatoms. The van der Waals surface area contributed by atoms with Gasteiger partial charge >= 0.3 is 0 Å². The van der Waals surface area contributed by atoms with Gasteiger partial charge in [-0.3, -0.25) is 0 Å². The Bertz CT molecular complexity index is 118. The Morgan fingerprint density at radius 2 is 2.11 bits per heavy atom. The average molecular weight is 129 g/mol. The maximum Gasteiger partial charge on any atom is 0.0875 e. The van der Waals surface area contributed by atoms with E-state index < -0.39 is 0 Å². The Labute approximate surface area is 54.1 Å². The van der Waals surface area contributed by atoms with Gasteiger partial charge in [0, 0.05) is 12.0 Å². The first-order chi connectivity index (χ1) is 4.38. The van der Waals surface area contributed by atoms with Gasteiger partial charge < -0.3 is 15.2 Å². The van der Waals surface area contributed by atoms with Crippen LogP contribution in [0.3, 0.4) is 0 Å². The van der Waals surface area contributed by atoms with Crippen molar-refractivity contribution >= 4 is 0 Å². The molecule has 3 nitrogen and oxygen atoms in total. The number of rotatable bonds is 0. The summed E-state index contributed by atoms with van der Waals surface area (Å²) in [7, 11) is 0. The first kappa shape index (κ1) is 5.65. The minimum absolute atomic E-state index is 0.220. The van der Waals surface area contributed by atoms with Gasteiger partial charge in [-0.25, -0.2) is 0 Å². The first-order valence-corrected chi connectivity index (χ1v) is 3.33. The highest BCUT2D eigenvalue weighted by Crippen LogP contribution is 2.25. The summed E-state index contributed by atoms with van der Waals surface area (Å²) in [5.41, 5.74) is 5.71. The molecule has 2 aliphatic heterocycles. The molecule has 0 amide bonds. The third-order valence-electron chi connectivity index (χ3n) is 2.12. The Morgan fingerprint density at radius 3 is 2.89 bits per heavy atom. The molecule has 2 heterocycles. The van der Waals surface area contributed by atoms with Crippen LogP contribution in [0.4, 0.5) is 0 Å². The molecule has 3 atom stereocenters. The van der Waals surface area contributed by atoms with Crippen molar-refractivity contribution in [3.05, 3.63) is 0 Å². The van der Waals surface area contributed by atoms with Crippen molar-refractivity contribution in [2.24, 2.45) is 11.7 Å². The summed E-state index contributed by atoms with van der Waals surface area (Å²) in [5.74, 6) is 0.477. The second-order valence-electron chi connectivity index (χ2n) is 2.74. The molecular formula is C6H11NO2. The van der Waals surface area contributed by atoms with Crippen LogP contribution < -0.4 is 5.73 Å². The van der Waals surface area contributed by atoms with Crippen molar-refractivity contribution < 1.29 is 9.47 Å². The Kier molecular flexibility index (Phi) is 1.22. The first-order valence-electron chi connectivity index (χ1n) is 3.33. The predicted molar refractivity (Wildman–Crippen MR) is 32.0 cm³/mol. The van der Waals surface area contributed by atoms with Gasteiger partial charge in [0.1, 0.15) is 0 Å². The summed E-state index contributed by atoms with van der Waals surface area (Å²) in [6, 6.07) is 0.220. The molecule has 0 saturated carbocycles. The van der Waals surface area contributed by atoms with E-state index in [0.29, 0.717) is 12.0 Å². The molecule has 0 aliphatic carbocycles. The van der Waals surface area contributed by atoms with Crippen molar-refractivity contribution in [1.82, 2.24) is 0 Å². The van der Waals surface area contributed by atoms with Gasteiger partial charge in [-0.1, -0.05) is 0 Å². The molecule has 0 spiro atoms. The summed E-state index contributed by atoms with van der Waals surface area (Å²) in [6.45, 7) is 2.27. The van der Waals surface area contributed by atoms with Crippen LogP contribution in [0.15, 0.2) is 0 Å². The predicted octanol–water partition coefficient (Wildman–Crippen LogP) is -0.641. The summed E-state index contributed by atoms with van der Waals surface area (Å²) >= 11 is 0. The lowest BCUT2D eigenvalue weighted by atomic mass is 10.0. The number of ether oxygens (including phenoxy) is 2. The van der Waals surface area contributed by atoms with E-state index in [4.69, 9.17) is 15.2 Å². The lowest BCUT2D eigenvalue weighted by Gasteiger charge is -2.06. The molecule has 0 aromatic carbocycles. The van der Waals surface area contributed by atoms with Gasteiger partial charge in [-0.15, -0.1) is 0 Å². The van der Waals surface area contributed by atoms with E-state index in [9.17, 15) is 0 Å². The number of hydrogen-bond donors (Lipinski definition) is 1. The SMILES string of the molecule is N[C@@H]1CO[C@H]2COC[C@@H]12. The average Bonchev–Trinajstić information content (AvgIpc) is 2.35. The van der Waals surface area contributed by atoms with Crippen LogP contribution in [0.2, 0.25) is 0 Å². The summed E-state index contributed by atoms with van der Waals surface area (Å²) in [5, 5.41) is 0. The zero-order valence-electron chi connectivity index (χ0n) is 5.25. The second-order valence-corrected chi connectivity index (χ2v) is 2.74. The molecule has 0 radical (unpaired) electrons. The quantitative estimate of drug-likeness (QED) is 0.473. The van der Waals surface area contributed by atoms with E-state index in [2.05, 4.69) is 0 Å². The topological polar surface area (TPSA) is 44.5 Å². The van der Waals surface area contributed by atoms with Crippen LogP contribution in [-0.4, -0.2) is 32.0 Å². The number of hydrogen-bond acceptors (Lipinski definition) is 3. The van der Waals surface area contributed by atoms with E-state index >= 15 is 0 Å². The minimum atomic E-state index is 0.220. The fraction of sp³-hybridized carbons (Fsp3) is 1.00. The molecular weight excluding hydrogens is 118 g/mol. The van der Waals surface area contributed by atoms with Crippen molar-refractivity contribution in [3.63, 3.8) is 0 Å². The van der Waals surface area contributed by atoms with E-state index in [1.807, 2.05) is 0 Å². The normalized spacial score (nSPS) is 49.7. The van der Waals surface area contributed by atoms with E-state index in [1.165, 1.54) is 0 Å². The highest BCUT2D eigenvalue weighted by Gasteiger charge is 2.39. The minimum Gasteiger partial charge on any atom is -0.378 e. The smallest absolute Gasteiger partial charge is 0.0875 e. The Balaban J connectivity index is 2.07. The maximum atomic E-state index is 5.71. The fourth-order valence-electron chi connectivity index (χ4n) is 1.48. The van der Waals surface area contributed by atoms with Gasteiger partial charge in [0.2, 0.25) is 0 Å². The molecule has 2 rings (SSSR count). The molecule has 2 N–H and O–H groups in total. The largest absolute Gasteiger partial charge is 0.378 e. The zero-order valence-corrected chi connectivity index (χ0v) is 5.25. The lowest BCUT2D eigenvalue weighted by Crippen LogP contribution is -2.30. The molecule has 2 aliphatic rings. The van der Waals surface area contributed by atoms with Crippen LogP contribution in [0, 0.1) is 5.92 Å². The molecule has 0 bridgehead atoms. The molecule has 9 heavy (non-hydrogen) atoms. The van der Waals surface area contributed by atoms with Gasteiger partial charge in [0.05, 0.1) is 25.9 Å². The van der Waals surface area contributed by atoms with E-state index in [-0.39, 0.29) is 6.04 Å². The van der Waals surface area contributed by atoms with Gasteiger partial charge in [-0.2, -0.15) is 0 Å². The van der Waals surface area contributed by atoms with Crippen LogP contribution in [0.1, 0.15) is 0 Å². The standard InChI is InChI=1S/C6H11NO2/c7-5-2-9-6-3-8-1-4(5)6/h4-6H,1-3,7H2/t4-,5+,6-/m0/s1. The maximum absolute atomic E-state index is 5.71. The molecule has 0 unspecified atom stereocenters. The number of nitrogens with two attached hydrogens (primary N) is 1. The molecule has 52 valence electrons. The van der Waals surface area contributed by atoms with Gasteiger partial charge in [0.25, 0.3) is 0 Å². The summed E-state index contributed by atoms with van der Waals surface area (Å²) in [6.07, 6.45) is 0.306. The lowest BCUT2D eigenvalue weighted by molar-refractivity contribution is 0.0690. The van der Waals surface area contributed by atoms with Crippen molar-refractivity contribution in [2.45, 2.75) is 12.1 Å². The van der Waals surface area contributed by atoms with E-state index in [1.54, 1.807) is 0 Å². The van der Waals surface area contributed by atoms with Crippen LogP contribution in [0.5, 0.6) is 0 Å². The van der Waals surface area contributed by atoms with Gasteiger partial charge in [-0.05, 0) is 0 Å². The third-order valence-corrected chi connectivity index (χ3v) is 2.12. The van der Waals surface area contributed by atoms with Gasteiger partial charge in [0.15, 0.2) is 0 Å². The zero-order chi connectivity index (χ0) is 6.27. The van der Waals surface area contributed by atoms with Crippen LogP contribution in [0.25, 0.3) is 0 Å². The van der Waals surface area contributed by atoms with Crippen LogP contribution in [-0.2, 0) is 9.47 Å². The molecule has 0 aromatic rings. The third kappa shape index (κ3) is 0.764. The highest BCUT2D eigenvalue weighted by molar-refractivity contribution is 4.89. The Morgan fingerprint density at radius 1 is 1.22 bits per heavy atom. The monoisotopic (exact) mass is 129 g/mol. The second kappa shape index (κ2) is 1.94. The highest BCUT2D eigenvalue weighted by atomic mass is 16.6. The Hall–Kier alpha value is -0.120. The molecule has 0 aromatic heterocycles. The molecule has 2 fully saturated rings. The summed E-state index contributed by atoms with van der Waals surface area (Å²) in [4.78, 5) is 0. The summed E-state index contributed by atoms with van der Waals surface area (Å²) < 4.78 is 10.5.